The van der Waals surface area contributed by atoms with Crippen LogP contribution in [0.5, 0.6) is 0 Å². The average molecular weight is 371 g/mol. The van der Waals surface area contributed by atoms with Gasteiger partial charge in [0.15, 0.2) is 0 Å². The van der Waals surface area contributed by atoms with Gasteiger partial charge in [0.2, 0.25) is 0 Å². The minimum absolute atomic E-state index is 0.00839. The van der Waals surface area contributed by atoms with Crippen molar-refractivity contribution >= 4 is 6.29 Å². The van der Waals surface area contributed by atoms with Crippen LogP contribution < -0.4 is 0 Å². The molecule has 1 heterocycles. The predicted octanol–water partition coefficient (Wildman–Crippen LogP) is 6.57. The number of hydrogen-bond donors (Lipinski definition) is 0. The molecule has 4 atom stereocenters. The van der Waals surface area contributed by atoms with Crippen molar-refractivity contribution in [3.8, 4) is 0 Å². The Morgan fingerprint density at radius 2 is 1.93 bits per heavy atom. The second kappa shape index (κ2) is 8.47. The van der Waals surface area contributed by atoms with Crippen molar-refractivity contribution in [1.82, 2.24) is 0 Å². The molecule has 1 saturated heterocycles. The Balaban J connectivity index is 1.97. The highest BCUT2D eigenvalue weighted by atomic mass is 16.6. The minimum Gasteiger partial charge on any atom is -0.369 e. The molecule has 0 aromatic carbocycles. The van der Waals surface area contributed by atoms with Crippen molar-refractivity contribution in [2.75, 3.05) is 6.61 Å². The lowest BCUT2D eigenvalue weighted by atomic mass is 9.53. The molecule has 27 heavy (non-hydrogen) atoms. The van der Waals surface area contributed by atoms with Gasteiger partial charge in [-0.15, -0.1) is 0 Å². The molecule has 2 bridgehead atoms. The molecule has 3 aliphatic rings. The SMILES string of the molecule is CC(C)=CCC[C@@]1(C=O)[C@H]2C/C=C(\C)CC/C=C(\C)CC[C@H]1[C@@]1(CC2)CO1. The number of aldehydes is 1. The summed E-state index contributed by atoms with van der Waals surface area (Å²) in [6.07, 6.45) is 18.3. The van der Waals surface area contributed by atoms with Crippen molar-refractivity contribution in [1.29, 1.82) is 0 Å². The zero-order valence-electron chi connectivity index (χ0n) is 17.9. The van der Waals surface area contributed by atoms with Crippen molar-refractivity contribution in [2.45, 2.75) is 91.1 Å². The van der Waals surface area contributed by atoms with Gasteiger partial charge in [0.05, 0.1) is 12.2 Å². The zero-order valence-corrected chi connectivity index (χ0v) is 17.9. The molecule has 2 fully saturated rings. The van der Waals surface area contributed by atoms with Crippen molar-refractivity contribution in [3.63, 3.8) is 0 Å². The highest BCUT2D eigenvalue weighted by molar-refractivity contribution is 5.62. The van der Waals surface area contributed by atoms with E-state index in [0.29, 0.717) is 11.8 Å². The van der Waals surface area contributed by atoms with Crippen LogP contribution in [0.15, 0.2) is 34.9 Å². The Kier molecular flexibility index (Phi) is 6.46. The van der Waals surface area contributed by atoms with Gasteiger partial charge in [0, 0.05) is 11.3 Å². The highest BCUT2D eigenvalue weighted by Crippen LogP contribution is 2.60. The number of carbonyl (C=O) groups is 1. The quantitative estimate of drug-likeness (QED) is 0.318. The van der Waals surface area contributed by atoms with E-state index in [-0.39, 0.29) is 11.0 Å². The molecule has 150 valence electrons. The molecule has 0 unspecified atom stereocenters. The van der Waals surface area contributed by atoms with Gasteiger partial charge in [0.1, 0.15) is 6.29 Å². The summed E-state index contributed by atoms with van der Waals surface area (Å²) in [6.45, 7) is 9.69. The Labute approximate surface area is 166 Å². The molecule has 0 N–H and O–H groups in total. The standard InChI is InChI=1S/C25H38O2/c1-19(2)7-6-15-24(17-26)22-12-10-20(3)8-5-9-21(4)11-13-23(24)25(16-14-22)18-27-25/h7,9-10,17,22-23H,5-6,8,11-16,18H2,1-4H3/b20-10+,21-9+/t22-,23+,24+,25+/m0/s1. The van der Waals surface area contributed by atoms with Crippen LogP contribution in [-0.2, 0) is 9.53 Å². The van der Waals surface area contributed by atoms with E-state index in [0.717, 1.165) is 64.4 Å². The number of allylic oxidation sites excluding steroid dienone is 6. The largest absolute Gasteiger partial charge is 0.369 e. The third-order valence-corrected chi connectivity index (χ3v) is 7.43. The van der Waals surface area contributed by atoms with Crippen LogP contribution in [0.2, 0.25) is 0 Å². The van der Waals surface area contributed by atoms with Crippen LogP contribution >= 0.6 is 0 Å². The lowest BCUT2D eigenvalue weighted by molar-refractivity contribution is -0.131. The molecule has 0 aromatic rings. The van der Waals surface area contributed by atoms with E-state index in [4.69, 9.17) is 4.74 Å². The monoisotopic (exact) mass is 370 g/mol. The molecular formula is C25H38O2. The maximum Gasteiger partial charge on any atom is 0.126 e. The second-order valence-corrected chi connectivity index (χ2v) is 9.61. The van der Waals surface area contributed by atoms with Crippen LogP contribution in [0.3, 0.4) is 0 Å². The molecule has 0 amide bonds. The smallest absolute Gasteiger partial charge is 0.126 e. The zero-order chi connectivity index (χ0) is 19.5. The number of rotatable bonds is 4. The lowest BCUT2D eigenvalue weighted by Gasteiger charge is -2.49. The van der Waals surface area contributed by atoms with Crippen LogP contribution in [0, 0.1) is 17.3 Å². The average Bonchev–Trinajstić information content (AvgIpc) is 3.39. The van der Waals surface area contributed by atoms with Crippen molar-refractivity contribution in [3.05, 3.63) is 34.9 Å². The Morgan fingerprint density at radius 3 is 2.59 bits per heavy atom. The number of ether oxygens (including phenoxy) is 1. The van der Waals surface area contributed by atoms with Crippen LogP contribution in [0.1, 0.15) is 85.5 Å². The van der Waals surface area contributed by atoms with Crippen molar-refractivity contribution < 1.29 is 9.53 Å². The summed E-state index contributed by atoms with van der Waals surface area (Å²) in [7, 11) is 0. The molecule has 1 spiro atoms. The molecule has 1 aliphatic heterocycles. The third kappa shape index (κ3) is 4.47. The minimum atomic E-state index is -0.239. The van der Waals surface area contributed by atoms with E-state index >= 15 is 0 Å². The molecule has 2 heteroatoms. The summed E-state index contributed by atoms with van der Waals surface area (Å²) >= 11 is 0. The summed E-state index contributed by atoms with van der Waals surface area (Å²) in [6, 6.07) is 0. The molecule has 3 rings (SSSR count). The third-order valence-electron chi connectivity index (χ3n) is 7.43. The summed E-state index contributed by atoms with van der Waals surface area (Å²) in [5.41, 5.74) is 4.05. The first-order chi connectivity index (χ1) is 12.9. The molecule has 2 nitrogen and oxygen atoms in total. The van der Waals surface area contributed by atoms with Gasteiger partial charge in [-0.1, -0.05) is 34.9 Å². The lowest BCUT2D eigenvalue weighted by Crippen LogP contribution is -2.51. The van der Waals surface area contributed by atoms with Gasteiger partial charge < -0.3 is 9.53 Å². The Hall–Kier alpha value is -1.15. The fourth-order valence-corrected chi connectivity index (χ4v) is 5.64. The van der Waals surface area contributed by atoms with E-state index in [9.17, 15) is 4.79 Å². The topological polar surface area (TPSA) is 29.6 Å². The second-order valence-electron chi connectivity index (χ2n) is 9.61. The Morgan fingerprint density at radius 1 is 1.19 bits per heavy atom. The number of carbonyl (C=O) groups excluding carboxylic acids is 1. The first-order valence-electron chi connectivity index (χ1n) is 11.0. The summed E-state index contributed by atoms with van der Waals surface area (Å²) < 4.78 is 6.08. The fraction of sp³-hybridized carbons (Fsp3) is 0.720. The summed E-state index contributed by atoms with van der Waals surface area (Å²) in [5.74, 6) is 0.822. The predicted molar refractivity (Wildman–Crippen MR) is 113 cm³/mol. The van der Waals surface area contributed by atoms with Gasteiger partial charge in [0.25, 0.3) is 0 Å². The van der Waals surface area contributed by atoms with Gasteiger partial charge in [-0.25, -0.2) is 0 Å². The molecule has 1 saturated carbocycles. The maximum absolute atomic E-state index is 12.8. The van der Waals surface area contributed by atoms with Gasteiger partial charge in [-0.2, -0.15) is 0 Å². The highest BCUT2D eigenvalue weighted by Gasteiger charge is 2.63. The molecule has 0 aromatic heterocycles. The summed E-state index contributed by atoms with van der Waals surface area (Å²) in [4.78, 5) is 12.8. The van der Waals surface area contributed by atoms with Crippen molar-refractivity contribution in [2.24, 2.45) is 17.3 Å². The maximum atomic E-state index is 12.8. The normalized spacial score (nSPS) is 40.6. The Bertz CT molecular complexity index is 631. The van der Waals surface area contributed by atoms with E-state index < -0.39 is 0 Å². The van der Waals surface area contributed by atoms with Crippen LogP contribution in [0.25, 0.3) is 0 Å². The van der Waals surface area contributed by atoms with Gasteiger partial charge >= 0.3 is 0 Å². The molecular weight excluding hydrogens is 332 g/mol. The molecule has 2 aliphatic carbocycles. The first kappa shape index (κ1) is 20.6. The number of epoxide rings is 1. The van der Waals surface area contributed by atoms with Gasteiger partial charge in [-0.3, -0.25) is 0 Å². The van der Waals surface area contributed by atoms with E-state index in [1.807, 2.05) is 0 Å². The van der Waals surface area contributed by atoms with E-state index in [1.54, 1.807) is 0 Å². The van der Waals surface area contributed by atoms with Gasteiger partial charge in [-0.05, 0) is 91.4 Å². The number of fused-ring (bicyclic) bond motifs is 3. The first-order valence-corrected chi connectivity index (χ1v) is 11.0. The van der Waals surface area contributed by atoms with E-state index in [1.165, 1.54) is 23.0 Å². The van der Waals surface area contributed by atoms with E-state index in [2.05, 4.69) is 45.9 Å². The molecule has 0 radical (unpaired) electrons. The number of hydrogen-bond acceptors (Lipinski definition) is 2. The fourth-order valence-electron chi connectivity index (χ4n) is 5.64. The van der Waals surface area contributed by atoms with Crippen LogP contribution in [0.4, 0.5) is 0 Å². The summed E-state index contributed by atoms with van der Waals surface area (Å²) in [5, 5.41) is 0. The van der Waals surface area contributed by atoms with Crippen LogP contribution in [-0.4, -0.2) is 18.5 Å².